The Morgan fingerprint density at radius 1 is 1.14 bits per heavy atom. The van der Waals surface area contributed by atoms with E-state index in [1.54, 1.807) is 19.6 Å². The Kier molecular flexibility index (Phi) is 3.64. The molecule has 0 atom stereocenters. The lowest BCUT2D eigenvalue weighted by atomic mass is 10.1. The SMILES string of the molecule is CCNc1ncnc(-c2ccc3ncccc3c2)c1OC. The van der Waals surface area contributed by atoms with Gasteiger partial charge in [-0.2, -0.15) is 0 Å². The van der Waals surface area contributed by atoms with Crippen molar-refractivity contribution < 1.29 is 4.74 Å². The summed E-state index contributed by atoms with van der Waals surface area (Å²) < 4.78 is 5.49. The fourth-order valence-corrected chi connectivity index (χ4v) is 2.29. The lowest BCUT2D eigenvalue weighted by Crippen LogP contribution is -2.04. The molecule has 106 valence electrons. The quantitative estimate of drug-likeness (QED) is 0.795. The molecule has 1 N–H and O–H groups in total. The standard InChI is InChI=1S/C16H16N4O/c1-3-17-16-15(21-2)14(19-10-20-16)12-6-7-13-11(9-12)5-4-8-18-13/h4-10H,3H2,1-2H3,(H,17,19,20). The third-order valence-electron chi connectivity index (χ3n) is 3.23. The zero-order valence-corrected chi connectivity index (χ0v) is 12.0. The minimum Gasteiger partial charge on any atom is -0.491 e. The Morgan fingerprint density at radius 2 is 2.05 bits per heavy atom. The first-order valence-electron chi connectivity index (χ1n) is 6.81. The number of hydrogen-bond acceptors (Lipinski definition) is 5. The minimum absolute atomic E-state index is 0.655. The summed E-state index contributed by atoms with van der Waals surface area (Å²) in [4.78, 5) is 12.9. The lowest BCUT2D eigenvalue weighted by Gasteiger charge is -2.12. The van der Waals surface area contributed by atoms with Gasteiger partial charge in [-0.1, -0.05) is 12.1 Å². The summed E-state index contributed by atoms with van der Waals surface area (Å²) in [5.74, 6) is 1.36. The zero-order valence-electron chi connectivity index (χ0n) is 12.0. The molecule has 0 unspecified atom stereocenters. The Labute approximate surface area is 123 Å². The van der Waals surface area contributed by atoms with Gasteiger partial charge >= 0.3 is 0 Å². The summed E-state index contributed by atoms with van der Waals surface area (Å²) in [7, 11) is 1.63. The number of rotatable bonds is 4. The Balaban J connectivity index is 2.15. The van der Waals surface area contributed by atoms with Crippen molar-refractivity contribution in [1.29, 1.82) is 0 Å². The first-order chi connectivity index (χ1) is 10.3. The zero-order chi connectivity index (χ0) is 14.7. The van der Waals surface area contributed by atoms with E-state index in [2.05, 4.69) is 26.3 Å². The third-order valence-corrected chi connectivity index (χ3v) is 3.23. The number of methoxy groups -OCH3 is 1. The normalized spacial score (nSPS) is 10.6. The molecule has 3 aromatic rings. The maximum atomic E-state index is 5.49. The van der Waals surface area contributed by atoms with E-state index >= 15 is 0 Å². The van der Waals surface area contributed by atoms with E-state index in [0.717, 1.165) is 28.7 Å². The molecule has 0 saturated heterocycles. The topological polar surface area (TPSA) is 59.9 Å². The molecule has 2 aromatic heterocycles. The van der Waals surface area contributed by atoms with Crippen molar-refractivity contribution in [3.8, 4) is 17.0 Å². The molecule has 0 amide bonds. The molecule has 5 nitrogen and oxygen atoms in total. The smallest absolute Gasteiger partial charge is 0.187 e. The second kappa shape index (κ2) is 5.75. The summed E-state index contributed by atoms with van der Waals surface area (Å²) in [5.41, 5.74) is 2.71. The van der Waals surface area contributed by atoms with Crippen LogP contribution >= 0.6 is 0 Å². The number of pyridine rings is 1. The number of ether oxygens (including phenoxy) is 1. The van der Waals surface area contributed by atoms with Crippen molar-refractivity contribution in [2.45, 2.75) is 6.92 Å². The van der Waals surface area contributed by atoms with Crippen LogP contribution in [0, 0.1) is 0 Å². The van der Waals surface area contributed by atoms with Gasteiger partial charge in [0, 0.05) is 23.7 Å². The second-order valence-electron chi connectivity index (χ2n) is 4.55. The van der Waals surface area contributed by atoms with Crippen LogP contribution < -0.4 is 10.1 Å². The van der Waals surface area contributed by atoms with Crippen LogP contribution in [0.25, 0.3) is 22.2 Å². The van der Waals surface area contributed by atoms with Gasteiger partial charge in [-0.3, -0.25) is 4.98 Å². The number of benzene rings is 1. The number of nitrogens with one attached hydrogen (secondary N) is 1. The first-order valence-corrected chi connectivity index (χ1v) is 6.81. The Bertz CT molecular complexity index is 773. The highest BCUT2D eigenvalue weighted by molar-refractivity contribution is 5.85. The fourth-order valence-electron chi connectivity index (χ4n) is 2.29. The predicted molar refractivity (Wildman–Crippen MR) is 83.5 cm³/mol. The van der Waals surface area contributed by atoms with Gasteiger partial charge in [-0.15, -0.1) is 0 Å². The molecule has 0 aliphatic carbocycles. The molecule has 0 aliphatic heterocycles. The van der Waals surface area contributed by atoms with Crippen molar-refractivity contribution >= 4 is 16.7 Å². The number of fused-ring (bicyclic) bond motifs is 1. The molecule has 0 radical (unpaired) electrons. The summed E-state index contributed by atoms with van der Waals surface area (Å²) in [6, 6.07) is 10.00. The van der Waals surface area contributed by atoms with Crippen LogP contribution in [-0.2, 0) is 0 Å². The van der Waals surface area contributed by atoms with Crippen molar-refractivity contribution in [3.05, 3.63) is 42.9 Å². The van der Waals surface area contributed by atoms with Gasteiger partial charge in [0.1, 0.15) is 12.0 Å². The number of hydrogen-bond donors (Lipinski definition) is 1. The highest BCUT2D eigenvalue weighted by atomic mass is 16.5. The fraction of sp³-hybridized carbons (Fsp3) is 0.188. The van der Waals surface area contributed by atoms with Gasteiger partial charge in [0.15, 0.2) is 11.6 Å². The van der Waals surface area contributed by atoms with Crippen molar-refractivity contribution in [3.63, 3.8) is 0 Å². The van der Waals surface area contributed by atoms with E-state index in [1.165, 1.54) is 0 Å². The van der Waals surface area contributed by atoms with Gasteiger partial charge < -0.3 is 10.1 Å². The van der Waals surface area contributed by atoms with Gasteiger partial charge in [-0.25, -0.2) is 9.97 Å². The largest absolute Gasteiger partial charge is 0.491 e. The average molecular weight is 280 g/mol. The molecule has 0 fully saturated rings. The van der Waals surface area contributed by atoms with Crippen LogP contribution in [0.1, 0.15) is 6.92 Å². The van der Waals surface area contributed by atoms with Gasteiger partial charge in [0.05, 0.1) is 12.6 Å². The van der Waals surface area contributed by atoms with E-state index < -0.39 is 0 Å². The van der Waals surface area contributed by atoms with Crippen molar-refractivity contribution in [1.82, 2.24) is 15.0 Å². The van der Waals surface area contributed by atoms with E-state index in [4.69, 9.17) is 4.74 Å². The van der Waals surface area contributed by atoms with Crippen LogP contribution in [-0.4, -0.2) is 28.6 Å². The lowest BCUT2D eigenvalue weighted by molar-refractivity contribution is 0.414. The highest BCUT2D eigenvalue weighted by Crippen LogP contribution is 2.33. The average Bonchev–Trinajstić information content (AvgIpc) is 2.54. The molecule has 0 spiro atoms. The van der Waals surface area contributed by atoms with Crippen LogP contribution in [0.2, 0.25) is 0 Å². The summed E-state index contributed by atoms with van der Waals surface area (Å²) in [6.45, 7) is 2.79. The Morgan fingerprint density at radius 3 is 2.86 bits per heavy atom. The molecule has 3 rings (SSSR count). The molecular weight excluding hydrogens is 264 g/mol. The van der Waals surface area contributed by atoms with E-state index in [1.807, 2.05) is 31.2 Å². The number of nitrogens with zero attached hydrogens (tertiary/aromatic N) is 3. The van der Waals surface area contributed by atoms with Crippen LogP contribution in [0.3, 0.4) is 0 Å². The van der Waals surface area contributed by atoms with Gasteiger partial charge in [0.2, 0.25) is 0 Å². The maximum Gasteiger partial charge on any atom is 0.187 e. The van der Waals surface area contributed by atoms with E-state index in [-0.39, 0.29) is 0 Å². The summed E-state index contributed by atoms with van der Waals surface area (Å²) in [6.07, 6.45) is 3.33. The molecule has 5 heteroatoms. The monoisotopic (exact) mass is 280 g/mol. The molecule has 0 bridgehead atoms. The van der Waals surface area contributed by atoms with Gasteiger partial charge in [0.25, 0.3) is 0 Å². The van der Waals surface area contributed by atoms with Crippen LogP contribution in [0.15, 0.2) is 42.9 Å². The molecular formula is C16H16N4O. The first kappa shape index (κ1) is 13.3. The molecule has 21 heavy (non-hydrogen) atoms. The third kappa shape index (κ3) is 2.50. The summed E-state index contributed by atoms with van der Waals surface area (Å²) in [5, 5.41) is 4.26. The van der Waals surface area contributed by atoms with E-state index in [0.29, 0.717) is 11.6 Å². The van der Waals surface area contributed by atoms with E-state index in [9.17, 15) is 0 Å². The van der Waals surface area contributed by atoms with Crippen molar-refractivity contribution in [2.75, 3.05) is 19.0 Å². The summed E-state index contributed by atoms with van der Waals surface area (Å²) >= 11 is 0. The minimum atomic E-state index is 0.655. The maximum absolute atomic E-state index is 5.49. The van der Waals surface area contributed by atoms with Crippen molar-refractivity contribution in [2.24, 2.45) is 0 Å². The molecule has 2 heterocycles. The van der Waals surface area contributed by atoms with Crippen LogP contribution in [0.4, 0.5) is 5.82 Å². The molecule has 0 saturated carbocycles. The predicted octanol–water partition coefficient (Wildman–Crippen LogP) is 3.13. The second-order valence-corrected chi connectivity index (χ2v) is 4.55. The molecule has 1 aromatic carbocycles. The Hall–Kier alpha value is -2.69. The number of anilines is 1. The van der Waals surface area contributed by atoms with Gasteiger partial charge in [-0.05, 0) is 25.1 Å². The number of aromatic nitrogens is 3. The van der Waals surface area contributed by atoms with Crippen LogP contribution in [0.5, 0.6) is 5.75 Å². The molecule has 0 aliphatic rings. The highest BCUT2D eigenvalue weighted by Gasteiger charge is 2.13.